The maximum atomic E-state index is 12.1. The minimum atomic E-state index is -0.237. The monoisotopic (exact) mass is 254 g/mol. The fourth-order valence-electron chi connectivity index (χ4n) is 2.38. The second-order valence-electron chi connectivity index (χ2n) is 6.21. The van der Waals surface area contributed by atoms with Crippen LogP contribution in [0.25, 0.3) is 0 Å². The van der Waals surface area contributed by atoms with Gasteiger partial charge in [-0.2, -0.15) is 0 Å². The number of hydrogen-bond donors (Lipinski definition) is 1. The molecule has 4 heteroatoms. The number of nitrogens with one attached hydrogen (secondary N) is 1. The molecule has 2 heterocycles. The van der Waals surface area contributed by atoms with Crippen LogP contribution >= 0.6 is 0 Å². The fourth-order valence-corrected chi connectivity index (χ4v) is 2.38. The summed E-state index contributed by atoms with van der Waals surface area (Å²) in [5.74, 6) is 0.204. The van der Waals surface area contributed by atoms with E-state index < -0.39 is 0 Å². The van der Waals surface area contributed by atoms with Crippen molar-refractivity contribution in [1.29, 1.82) is 0 Å². The molecule has 2 fully saturated rings. The summed E-state index contributed by atoms with van der Waals surface area (Å²) < 4.78 is 5.23. The molecule has 0 aliphatic carbocycles. The zero-order chi connectivity index (χ0) is 13.2. The Bertz CT molecular complexity index is 292. The van der Waals surface area contributed by atoms with Crippen LogP contribution in [-0.2, 0) is 9.53 Å². The number of nitrogens with zero attached hydrogens (tertiary/aromatic N) is 1. The first-order valence-electron chi connectivity index (χ1n) is 7.15. The topological polar surface area (TPSA) is 41.6 Å². The summed E-state index contributed by atoms with van der Waals surface area (Å²) in [5.41, 5.74) is -0.237. The van der Waals surface area contributed by atoms with E-state index in [4.69, 9.17) is 4.74 Å². The van der Waals surface area contributed by atoms with E-state index in [0.29, 0.717) is 12.1 Å². The SMILES string of the molecule is CCC(C)(C)C(=O)NC1CCN(C2COC2)CC1. The Labute approximate surface area is 110 Å². The van der Waals surface area contributed by atoms with Gasteiger partial charge in [0.15, 0.2) is 0 Å². The molecule has 0 aromatic rings. The smallest absolute Gasteiger partial charge is 0.225 e. The Hall–Kier alpha value is -0.610. The van der Waals surface area contributed by atoms with Crippen LogP contribution in [0.3, 0.4) is 0 Å². The standard InChI is InChI=1S/C14H26N2O2/c1-4-14(2,3)13(17)15-11-5-7-16(8-6-11)12-9-18-10-12/h11-12H,4-10H2,1-3H3,(H,15,17). The Morgan fingerprint density at radius 2 is 1.94 bits per heavy atom. The predicted octanol–water partition coefficient (Wildman–Crippen LogP) is 1.40. The van der Waals surface area contributed by atoms with Crippen LogP contribution in [0, 0.1) is 5.41 Å². The summed E-state index contributed by atoms with van der Waals surface area (Å²) in [6, 6.07) is 0.995. The van der Waals surface area contributed by atoms with Crippen LogP contribution in [0.4, 0.5) is 0 Å². The van der Waals surface area contributed by atoms with Gasteiger partial charge in [-0.15, -0.1) is 0 Å². The van der Waals surface area contributed by atoms with Gasteiger partial charge in [0.05, 0.1) is 19.3 Å². The molecule has 0 unspecified atom stereocenters. The van der Waals surface area contributed by atoms with Crippen molar-refractivity contribution in [1.82, 2.24) is 10.2 Å². The summed E-state index contributed by atoms with van der Waals surface area (Å²) in [5, 5.41) is 3.21. The van der Waals surface area contributed by atoms with Gasteiger partial charge in [-0.3, -0.25) is 9.69 Å². The van der Waals surface area contributed by atoms with Crippen LogP contribution < -0.4 is 5.32 Å². The maximum absolute atomic E-state index is 12.1. The average Bonchev–Trinajstić information content (AvgIpc) is 2.29. The molecule has 104 valence electrons. The highest BCUT2D eigenvalue weighted by Crippen LogP contribution is 2.22. The van der Waals surface area contributed by atoms with Crippen LogP contribution in [0.1, 0.15) is 40.0 Å². The van der Waals surface area contributed by atoms with Crippen molar-refractivity contribution < 1.29 is 9.53 Å². The van der Waals surface area contributed by atoms with Gasteiger partial charge in [-0.1, -0.05) is 20.8 Å². The Kier molecular flexibility index (Phi) is 4.28. The lowest BCUT2D eigenvalue weighted by atomic mass is 9.88. The van der Waals surface area contributed by atoms with Crippen LogP contribution in [0.2, 0.25) is 0 Å². The number of rotatable bonds is 4. The van der Waals surface area contributed by atoms with E-state index in [0.717, 1.165) is 45.6 Å². The molecular weight excluding hydrogens is 228 g/mol. The first-order valence-corrected chi connectivity index (χ1v) is 7.15. The van der Waals surface area contributed by atoms with Gasteiger partial charge in [-0.05, 0) is 19.3 Å². The lowest BCUT2D eigenvalue weighted by Crippen LogP contribution is -2.55. The summed E-state index contributed by atoms with van der Waals surface area (Å²) >= 11 is 0. The van der Waals surface area contributed by atoms with E-state index in [9.17, 15) is 4.79 Å². The summed E-state index contributed by atoms with van der Waals surface area (Å²) in [7, 11) is 0. The van der Waals surface area contributed by atoms with E-state index in [1.807, 2.05) is 13.8 Å². The van der Waals surface area contributed by atoms with E-state index in [2.05, 4.69) is 17.1 Å². The minimum absolute atomic E-state index is 0.204. The minimum Gasteiger partial charge on any atom is -0.378 e. The number of piperidine rings is 1. The molecule has 2 saturated heterocycles. The van der Waals surface area contributed by atoms with Gasteiger partial charge < -0.3 is 10.1 Å². The van der Waals surface area contributed by atoms with E-state index >= 15 is 0 Å². The molecule has 0 bridgehead atoms. The van der Waals surface area contributed by atoms with Crippen LogP contribution in [0.5, 0.6) is 0 Å². The first-order chi connectivity index (χ1) is 8.53. The van der Waals surface area contributed by atoms with Crippen molar-refractivity contribution in [3.05, 3.63) is 0 Å². The zero-order valence-electron chi connectivity index (χ0n) is 11.9. The van der Waals surface area contributed by atoms with Crippen molar-refractivity contribution in [3.63, 3.8) is 0 Å². The normalized spacial score (nSPS) is 23.7. The average molecular weight is 254 g/mol. The first kappa shape index (κ1) is 13.8. The maximum Gasteiger partial charge on any atom is 0.225 e. The third-order valence-electron chi connectivity index (χ3n) is 4.50. The molecule has 2 aliphatic rings. The van der Waals surface area contributed by atoms with Crippen molar-refractivity contribution in [2.45, 2.75) is 52.1 Å². The van der Waals surface area contributed by atoms with Gasteiger partial charge in [0.25, 0.3) is 0 Å². The number of ether oxygens (including phenoxy) is 1. The summed E-state index contributed by atoms with van der Waals surface area (Å²) in [6.45, 7) is 10.1. The van der Waals surface area contributed by atoms with E-state index in [-0.39, 0.29) is 11.3 Å². The molecule has 2 aliphatic heterocycles. The Morgan fingerprint density at radius 3 is 2.39 bits per heavy atom. The largest absolute Gasteiger partial charge is 0.378 e. The van der Waals surface area contributed by atoms with Gasteiger partial charge in [0.1, 0.15) is 0 Å². The molecule has 0 radical (unpaired) electrons. The molecule has 4 nitrogen and oxygen atoms in total. The highest BCUT2D eigenvalue weighted by atomic mass is 16.5. The van der Waals surface area contributed by atoms with Crippen molar-refractivity contribution in [2.24, 2.45) is 5.41 Å². The van der Waals surface area contributed by atoms with E-state index in [1.165, 1.54) is 0 Å². The zero-order valence-corrected chi connectivity index (χ0v) is 11.9. The molecule has 0 spiro atoms. The second kappa shape index (κ2) is 5.57. The van der Waals surface area contributed by atoms with Crippen molar-refractivity contribution in [3.8, 4) is 0 Å². The van der Waals surface area contributed by atoms with E-state index in [1.54, 1.807) is 0 Å². The molecular formula is C14H26N2O2. The Balaban J connectivity index is 1.74. The number of likely N-dealkylation sites (tertiary alicyclic amines) is 1. The number of carbonyl (C=O) groups excluding carboxylic acids is 1. The summed E-state index contributed by atoms with van der Waals surface area (Å²) in [4.78, 5) is 14.6. The molecule has 1 amide bonds. The number of hydrogen-bond acceptors (Lipinski definition) is 3. The molecule has 1 N–H and O–H groups in total. The van der Waals surface area contributed by atoms with Gasteiger partial charge in [-0.25, -0.2) is 0 Å². The van der Waals surface area contributed by atoms with Crippen LogP contribution in [-0.4, -0.2) is 49.2 Å². The number of amides is 1. The molecule has 0 aromatic heterocycles. The molecule has 0 saturated carbocycles. The fraction of sp³-hybridized carbons (Fsp3) is 0.929. The molecule has 0 atom stereocenters. The molecule has 2 rings (SSSR count). The van der Waals surface area contributed by atoms with Crippen molar-refractivity contribution >= 4 is 5.91 Å². The highest BCUT2D eigenvalue weighted by Gasteiger charge is 2.32. The lowest BCUT2D eigenvalue weighted by molar-refractivity contribution is -0.131. The number of carbonyl (C=O) groups is 1. The predicted molar refractivity (Wildman–Crippen MR) is 71.4 cm³/mol. The third-order valence-corrected chi connectivity index (χ3v) is 4.50. The van der Waals surface area contributed by atoms with Gasteiger partial charge in [0.2, 0.25) is 5.91 Å². The van der Waals surface area contributed by atoms with Crippen molar-refractivity contribution in [2.75, 3.05) is 26.3 Å². The second-order valence-corrected chi connectivity index (χ2v) is 6.21. The third kappa shape index (κ3) is 3.04. The molecule has 18 heavy (non-hydrogen) atoms. The molecule has 0 aromatic carbocycles. The van der Waals surface area contributed by atoms with Gasteiger partial charge in [0, 0.05) is 24.5 Å². The van der Waals surface area contributed by atoms with Gasteiger partial charge >= 0.3 is 0 Å². The quantitative estimate of drug-likeness (QED) is 0.824. The van der Waals surface area contributed by atoms with Crippen LogP contribution in [0.15, 0.2) is 0 Å². The highest BCUT2D eigenvalue weighted by molar-refractivity contribution is 5.81. The Morgan fingerprint density at radius 1 is 1.33 bits per heavy atom. The lowest BCUT2D eigenvalue weighted by Gasteiger charge is -2.41. The summed E-state index contributed by atoms with van der Waals surface area (Å²) in [6.07, 6.45) is 3.03.